The van der Waals surface area contributed by atoms with Gasteiger partial charge in [0.05, 0.1) is 12.6 Å². The third-order valence-corrected chi connectivity index (χ3v) is 4.66. The first kappa shape index (κ1) is 13.9. The molecular formula is C15H18BrNO3. The molecule has 1 saturated carbocycles. The zero-order chi connectivity index (χ0) is 14.2. The summed E-state index contributed by atoms with van der Waals surface area (Å²) in [6.07, 6.45) is 3.69. The molecular weight excluding hydrogens is 322 g/mol. The van der Waals surface area contributed by atoms with Crippen molar-refractivity contribution in [2.75, 3.05) is 6.61 Å². The van der Waals surface area contributed by atoms with Crippen molar-refractivity contribution in [2.24, 2.45) is 0 Å². The Morgan fingerprint density at radius 1 is 1.40 bits per heavy atom. The highest BCUT2D eigenvalue weighted by atomic mass is 79.9. The molecule has 4 nitrogen and oxygen atoms in total. The van der Waals surface area contributed by atoms with E-state index in [2.05, 4.69) is 21.2 Å². The van der Waals surface area contributed by atoms with E-state index in [1.54, 1.807) is 0 Å². The van der Waals surface area contributed by atoms with Crippen molar-refractivity contribution in [3.8, 4) is 5.75 Å². The molecule has 1 aromatic rings. The molecule has 1 fully saturated rings. The molecule has 3 rings (SSSR count). The monoisotopic (exact) mass is 339 g/mol. The second-order valence-electron chi connectivity index (χ2n) is 5.58. The van der Waals surface area contributed by atoms with Crippen LogP contribution in [0.2, 0.25) is 0 Å². The highest BCUT2D eigenvalue weighted by molar-refractivity contribution is 9.10. The van der Waals surface area contributed by atoms with Gasteiger partial charge in [-0.3, -0.25) is 4.79 Å². The van der Waals surface area contributed by atoms with Gasteiger partial charge in [0.1, 0.15) is 11.4 Å². The lowest BCUT2D eigenvalue weighted by Gasteiger charge is -2.30. The standard InChI is InChI=1S/C15H18BrNO3/c16-10-3-4-13-11(9-10)12(5-8-20-13)17-14(18)15(19)6-1-2-7-15/h3-4,9,12,19H,1-2,5-8H2,(H,17,18). The molecule has 0 aromatic heterocycles. The molecule has 1 unspecified atom stereocenters. The SMILES string of the molecule is O=C(NC1CCOc2ccc(Br)cc21)C1(O)CCCC1. The summed E-state index contributed by atoms with van der Waals surface area (Å²) < 4.78 is 6.57. The van der Waals surface area contributed by atoms with Gasteiger partial charge in [0, 0.05) is 16.5 Å². The van der Waals surface area contributed by atoms with E-state index in [1.165, 1.54) is 0 Å². The molecule has 108 valence electrons. The molecule has 1 amide bonds. The average molecular weight is 340 g/mol. The van der Waals surface area contributed by atoms with E-state index in [4.69, 9.17) is 4.74 Å². The molecule has 2 aliphatic rings. The van der Waals surface area contributed by atoms with E-state index >= 15 is 0 Å². The topological polar surface area (TPSA) is 58.6 Å². The minimum atomic E-state index is -1.18. The Hall–Kier alpha value is -1.07. The summed E-state index contributed by atoms with van der Waals surface area (Å²) in [7, 11) is 0. The summed E-state index contributed by atoms with van der Waals surface area (Å²) in [6.45, 7) is 0.581. The zero-order valence-corrected chi connectivity index (χ0v) is 12.8. The van der Waals surface area contributed by atoms with Crippen molar-refractivity contribution in [3.63, 3.8) is 0 Å². The van der Waals surface area contributed by atoms with Gasteiger partial charge in [-0.15, -0.1) is 0 Å². The summed E-state index contributed by atoms with van der Waals surface area (Å²) >= 11 is 3.44. The number of benzene rings is 1. The first-order chi connectivity index (χ1) is 9.58. The predicted molar refractivity (Wildman–Crippen MR) is 78.6 cm³/mol. The summed E-state index contributed by atoms with van der Waals surface area (Å²) in [4.78, 5) is 12.3. The number of amides is 1. The van der Waals surface area contributed by atoms with Gasteiger partial charge in [0.15, 0.2) is 0 Å². The van der Waals surface area contributed by atoms with Gasteiger partial charge in [0.25, 0.3) is 5.91 Å². The molecule has 0 saturated heterocycles. The zero-order valence-electron chi connectivity index (χ0n) is 11.2. The van der Waals surface area contributed by atoms with Crippen LogP contribution in [-0.2, 0) is 4.79 Å². The van der Waals surface area contributed by atoms with E-state index in [0.29, 0.717) is 19.4 Å². The van der Waals surface area contributed by atoms with Gasteiger partial charge in [-0.05, 0) is 43.9 Å². The second-order valence-corrected chi connectivity index (χ2v) is 6.50. The molecule has 20 heavy (non-hydrogen) atoms. The summed E-state index contributed by atoms with van der Waals surface area (Å²) in [5, 5.41) is 13.3. The molecule has 1 atom stereocenters. The van der Waals surface area contributed by atoms with E-state index in [0.717, 1.165) is 35.0 Å². The van der Waals surface area contributed by atoms with Crippen molar-refractivity contribution in [2.45, 2.75) is 43.7 Å². The molecule has 0 bridgehead atoms. The predicted octanol–water partition coefficient (Wildman–Crippen LogP) is 2.69. The van der Waals surface area contributed by atoms with Gasteiger partial charge < -0.3 is 15.2 Å². The fraction of sp³-hybridized carbons (Fsp3) is 0.533. The van der Waals surface area contributed by atoms with Gasteiger partial charge in [0.2, 0.25) is 0 Å². The maximum atomic E-state index is 12.3. The number of carbonyl (C=O) groups excluding carboxylic acids is 1. The van der Waals surface area contributed by atoms with E-state index in [-0.39, 0.29) is 11.9 Å². The number of hydrogen-bond donors (Lipinski definition) is 2. The Morgan fingerprint density at radius 3 is 2.90 bits per heavy atom. The van der Waals surface area contributed by atoms with Crippen LogP contribution >= 0.6 is 15.9 Å². The van der Waals surface area contributed by atoms with Crippen molar-refractivity contribution in [1.82, 2.24) is 5.32 Å². The van der Waals surface area contributed by atoms with Crippen LogP contribution in [0, 0.1) is 0 Å². The number of halogens is 1. The Balaban J connectivity index is 1.79. The molecule has 0 spiro atoms. The first-order valence-corrected chi connectivity index (χ1v) is 7.83. The highest BCUT2D eigenvalue weighted by Gasteiger charge is 2.40. The maximum absolute atomic E-state index is 12.3. The van der Waals surface area contributed by atoms with Crippen molar-refractivity contribution < 1.29 is 14.6 Å². The molecule has 1 aromatic carbocycles. The fourth-order valence-corrected chi connectivity index (χ4v) is 3.37. The van der Waals surface area contributed by atoms with Crippen LogP contribution in [0.5, 0.6) is 5.75 Å². The van der Waals surface area contributed by atoms with Crippen LogP contribution in [0.25, 0.3) is 0 Å². The van der Waals surface area contributed by atoms with Crippen LogP contribution < -0.4 is 10.1 Å². The normalized spacial score (nSPS) is 23.8. The number of ether oxygens (including phenoxy) is 1. The summed E-state index contributed by atoms with van der Waals surface area (Å²) in [5.41, 5.74) is -0.203. The van der Waals surface area contributed by atoms with E-state index in [9.17, 15) is 9.90 Å². The summed E-state index contributed by atoms with van der Waals surface area (Å²) in [6, 6.07) is 5.71. The minimum absolute atomic E-state index is 0.0895. The van der Waals surface area contributed by atoms with Gasteiger partial charge in [-0.2, -0.15) is 0 Å². The highest BCUT2D eigenvalue weighted by Crippen LogP contribution is 2.36. The fourth-order valence-electron chi connectivity index (χ4n) is 2.99. The number of nitrogens with one attached hydrogen (secondary N) is 1. The Morgan fingerprint density at radius 2 is 2.15 bits per heavy atom. The van der Waals surface area contributed by atoms with E-state index < -0.39 is 5.60 Å². The molecule has 1 aliphatic heterocycles. The van der Waals surface area contributed by atoms with Gasteiger partial charge in [-0.25, -0.2) is 0 Å². The van der Waals surface area contributed by atoms with Gasteiger partial charge in [-0.1, -0.05) is 15.9 Å². The van der Waals surface area contributed by atoms with Crippen LogP contribution in [0.1, 0.15) is 43.7 Å². The first-order valence-electron chi connectivity index (χ1n) is 7.04. The molecule has 5 heteroatoms. The number of rotatable bonds is 2. The van der Waals surface area contributed by atoms with E-state index in [1.807, 2.05) is 18.2 Å². The van der Waals surface area contributed by atoms with Crippen molar-refractivity contribution >= 4 is 21.8 Å². The quantitative estimate of drug-likeness (QED) is 0.870. The third-order valence-electron chi connectivity index (χ3n) is 4.17. The number of aliphatic hydroxyl groups is 1. The lowest BCUT2D eigenvalue weighted by molar-refractivity contribution is -0.140. The van der Waals surface area contributed by atoms with Crippen molar-refractivity contribution in [1.29, 1.82) is 0 Å². The summed E-state index contributed by atoms with van der Waals surface area (Å²) in [5.74, 6) is 0.566. The third kappa shape index (κ3) is 2.56. The van der Waals surface area contributed by atoms with Crippen LogP contribution in [0.3, 0.4) is 0 Å². The molecule has 1 aliphatic carbocycles. The maximum Gasteiger partial charge on any atom is 0.252 e. The van der Waals surface area contributed by atoms with Crippen LogP contribution in [0.15, 0.2) is 22.7 Å². The molecule has 2 N–H and O–H groups in total. The van der Waals surface area contributed by atoms with Crippen molar-refractivity contribution in [3.05, 3.63) is 28.2 Å². The number of carbonyl (C=O) groups is 1. The second kappa shape index (κ2) is 5.37. The smallest absolute Gasteiger partial charge is 0.252 e. The van der Waals surface area contributed by atoms with Crippen LogP contribution in [-0.4, -0.2) is 23.2 Å². The van der Waals surface area contributed by atoms with Gasteiger partial charge >= 0.3 is 0 Å². The molecule has 0 radical (unpaired) electrons. The largest absolute Gasteiger partial charge is 0.493 e. The Labute approximate surface area is 126 Å². The number of fused-ring (bicyclic) bond motifs is 1. The average Bonchev–Trinajstić information content (AvgIpc) is 2.88. The lowest BCUT2D eigenvalue weighted by atomic mass is 9.97. The van der Waals surface area contributed by atoms with Crippen LogP contribution in [0.4, 0.5) is 0 Å². The Bertz CT molecular complexity index is 526. The lowest BCUT2D eigenvalue weighted by Crippen LogP contribution is -2.46. The minimum Gasteiger partial charge on any atom is -0.493 e. The Kier molecular flexibility index (Phi) is 3.73. The molecule has 1 heterocycles. The number of hydrogen-bond acceptors (Lipinski definition) is 3.